The number of para-hydroxylation sites is 1. The lowest BCUT2D eigenvalue weighted by Crippen LogP contribution is -1.83. The molecular weight excluding hydrogens is 222 g/mol. The molecule has 1 heterocycles. The summed E-state index contributed by atoms with van der Waals surface area (Å²) < 4.78 is 5.20. The van der Waals surface area contributed by atoms with Gasteiger partial charge in [0.2, 0.25) is 0 Å². The number of hydrogen-bond acceptors (Lipinski definition) is 1. The predicted octanol–water partition coefficient (Wildman–Crippen LogP) is 3.98. The van der Waals surface area contributed by atoms with Crippen molar-refractivity contribution < 1.29 is 4.74 Å². The number of aromatic nitrogens is 1. The lowest BCUT2D eigenvalue weighted by molar-refractivity contribution is 0.415. The van der Waals surface area contributed by atoms with Gasteiger partial charge in [0.1, 0.15) is 10.8 Å². The highest BCUT2D eigenvalue weighted by molar-refractivity contribution is 6.37. The van der Waals surface area contributed by atoms with Crippen LogP contribution >= 0.6 is 11.6 Å². The molecule has 0 atom stereocenters. The van der Waals surface area contributed by atoms with Gasteiger partial charge in [-0.3, -0.25) is 0 Å². The monoisotopic (exact) mass is 231 g/mol. The minimum absolute atomic E-state index is 0.635. The number of H-pyrrole nitrogens is 1. The van der Waals surface area contributed by atoms with Crippen molar-refractivity contribution in [2.75, 3.05) is 7.11 Å². The molecule has 0 aliphatic carbocycles. The standard InChI is InChI=1S/C13H10ClNO/c1-16-11-7-6-9-8-4-2-3-5-10(8)15-13(9)12(11)14/h2-7,15H,1H3. The van der Waals surface area contributed by atoms with Crippen LogP contribution in [0.25, 0.3) is 21.8 Å². The van der Waals surface area contributed by atoms with E-state index in [1.54, 1.807) is 7.11 Å². The Balaban J connectivity index is 2.49. The number of benzene rings is 2. The molecule has 0 bridgehead atoms. The fraction of sp³-hybridized carbons (Fsp3) is 0.0769. The fourth-order valence-corrected chi connectivity index (χ4v) is 2.31. The maximum Gasteiger partial charge on any atom is 0.139 e. The Morgan fingerprint density at radius 3 is 2.69 bits per heavy atom. The summed E-state index contributed by atoms with van der Waals surface area (Å²) in [7, 11) is 1.62. The molecule has 0 saturated carbocycles. The number of rotatable bonds is 1. The van der Waals surface area contributed by atoms with Gasteiger partial charge in [-0.1, -0.05) is 29.8 Å². The Morgan fingerprint density at radius 2 is 1.88 bits per heavy atom. The SMILES string of the molecule is COc1ccc2c([nH]c3ccccc32)c1Cl. The normalized spacial score (nSPS) is 11.1. The van der Waals surface area contributed by atoms with E-state index in [0.29, 0.717) is 10.8 Å². The molecule has 2 aromatic carbocycles. The molecule has 1 aromatic heterocycles. The molecule has 80 valence electrons. The van der Waals surface area contributed by atoms with Crippen LogP contribution < -0.4 is 4.74 Å². The third kappa shape index (κ3) is 1.20. The lowest BCUT2D eigenvalue weighted by atomic mass is 10.1. The summed E-state index contributed by atoms with van der Waals surface area (Å²) in [5.74, 6) is 0.695. The van der Waals surface area contributed by atoms with Crippen LogP contribution in [-0.2, 0) is 0 Å². The molecule has 0 aliphatic rings. The summed E-state index contributed by atoms with van der Waals surface area (Å²) in [6.07, 6.45) is 0. The topological polar surface area (TPSA) is 25.0 Å². The van der Waals surface area contributed by atoms with Crippen molar-refractivity contribution >= 4 is 33.4 Å². The van der Waals surface area contributed by atoms with E-state index >= 15 is 0 Å². The first-order valence-corrected chi connectivity index (χ1v) is 5.42. The summed E-state index contributed by atoms with van der Waals surface area (Å²) in [4.78, 5) is 3.31. The van der Waals surface area contributed by atoms with E-state index in [-0.39, 0.29) is 0 Å². The number of ether oxygens (including phenoxy) is 1. The average molecular weight is 232 g/mol. The van der Waals surface area contributed by atoms with Crippen molar-refractivity contribution in [1.82, 2.24) is 4.98 Å². The molecule has 0 aliphatic heterocycles. The summed E-state index contributed by atoms with van der Waals surface area (Å²) in [6.45, 7) is 0. The number of aromatic amines is 1. The third-order valence-electron chi connectivity index (χ3n) is 2.80. The Morgan fingerprint density at radius 1 is 1.06 bits per heavy atom. The highest BCUT2D eigenvalue weighted by Gasteiger charge is 2.10. The molecule has 1 N–H and O–H groups in total. The van der Waals surface area contributed by atoms with Gasteiger partial charge in [-0.05, 0) is 18.2 Å². The molecular formula is C13H10ClNO. The second-order valence-electron chi connectivity index (χ2n) is 3.67. The molecule has 16 heavy (non-hydrogen) atoms. The van der Waals surface area contributed by atoms with E-state index in [1.165, 1.54) is 5.39 Å². The Bertz CT molecular complexity index is 672. The third-order valence-corrected chi connectivity index (χ3v) is 3.18. The number of methoxy groups -OCH3 is 1. The highest BCUT2D eigenvalue weighted by Crippen LogP contribution is 2.35. The zero-order valence-corrected chi connectivity index (χ0v) is 9.51. The van der Waals surface area contributed by atoms with Gasteiger partial charge < -0.3 is 9.72 Å². The van der Waals surface area contributed by atoms with Crippen molar-refractivity contribution in [3.05, 3.63) is 41.4 Å². The van der Waals surface area contributed by atoms with Gasteiger partial charge in [-0.15, -0.1) is 0 Å². The highest BCUT2D eigenvalue weighted by atomic mass is 35.5. The molecule has 0 spiro atoms. The minimum Gasteiger partial charge on any atom is -0.495 e. The molecule has 0 saturated heterocycles. The van der Waals surface area contributed by atoms with E-state index in [2.05, 4.69) is 11.1 Å². The summed E-state index contributed by atoms with van der Waals surface area (Å²) >= 11 is 6.26. The van der Waals surface area contributed by atoms with E-state index in [9.17, 15) is 0 Å². The van der Waals surface area contributed by atoms with Gasteiger partial charge in [0, 0.05) is 16.3 Å². The first kappa shape index (κ1) is 9.55. The predicted molar refractivity (Wildman–Crippen MR) is 67.4 cm³/mol. The maximum atomic E-state index is 6.26. The minimum atomic E-state index is 0.635. The van der Waals surface area contributed by atoms with Crippen LogP contribution in [0.1, 0.15) is 0 Å². The summed E-state index contributed by atoms with van der Waals surface area (Å²) in [5, 5.41) is 2.94. The lowest BCUT2D eigenvalue weighted by Gasteiger charge is -2.02. The average Bonchev–Trinajstić information content (AvgIpc) is 2.69. The Kier molecular flexibility index (Phi) is 2.04. The van der Waals surface area contributed by atoms with Crippen molar-refractivity contribution in [2.24, 2.45) is 0 Å². The Labute approximate surface area is 97.8 Å². The first-order chi connectivity index (χ1) is 7.81. The van der Waals surface area contributed by atoms with E-state index in [4.69, 9.17) is 16.3 Å². The number of fused-ring (bicyclic) bond motifs is 3. The van der Waals surface area contributed by atoms with Crippen LogP contribution in [0.3, 0.4) is 0 Å². The van der Waals surface area contributed by atoms with Crippen molar-refractivity contribution in [1.29, 1.82) is 0 Å². The Hall–Kier alpha value is -1.67. The smallest absolute Gasteiger partial charge is 0.139 e. The molecule has 3 heteroatoms. The van der Waals surface area contributed by atoms with E-state index < -0.39 is 0 Å². The van der Waals surface area contributed by atoms with Gasteiger partial charge in [-0.2, -0.15) is 0 Å². The van der Waals surface area contributed by atoms with Crippen LogP contribution in [-0.4, -0.2) is 12.1 Å². The van der Waals surface area contributed by atoms with Gasteiger partial charge in [-0.25, -0.2) is 0 Å². The molecule has 3 aromatic rings. The molecule has 2 nitrogen and oxygen atoms in total. The largest absolute Gasteiger partial charge is 0.495 e. The maximum absolute atomic E-state index is 6.26. The van der Waals surface area contributed by atoms with Gasteiger partial charge in [0.05, 0.1) is 12.6 Å². The molecule has 0 amide bonds. The van der Waals surface area contributed by atoms with E-state index in [1.807, 2.05) is 30.3 Å². The summed E-state index contributed by atoms with van der Waals surface area (Å²) in [5.41, 5.74) is 2.02. The van der Waals surface area contributed by atoms with Crippen LogP contribution in [0.5, 0.6) is 5.75 Å². The van der Waals surface area contributed by atoms with Crippen molar-refractivity contribution in [3.8, 4) is 5.75 Å². The van der Waals surface area contributed by atoms with E-state index in [0.717, 1.165) is 16.4 Å². The van der Waals surface area contributed by atoms with Crippen LogP contribution in [0.15, 0.2) is 36.4 Å². The second-order valence-corrected chi connectivity index (χ2v) is 4.05. The van der Waals surface area contributed by atoms with Crippen LogP contribution in [0.2, 0.25) is 5.02 Å². The van der Waals surface area contributed by atoms with Gasteiger partial charge in [0.15, 0.2) is 0 Å². The van der Waals surface area contributed by atoms with Crippen molar-refractivity contribution in [2.45, 2.75) is 0 Å². The molecule has 0 radical (unpaired) electrons. The van der Waals surface area contributed by atoms with Crippen LogP contribution in [0.4, 0.5) is 0 Å². The number of nitrogens with one attached hydrogen (secondary N) is 1. The zero-order chi connectivity index (χ0) is 11.1. The van der Waals surface area contributed by atoms with Crippen LogP contribution in [0, 0.1) is 0 Å². The molecule has 0 fully saturated rings. The summed E-state index contributed by atoms with van der Waals surface area (Å²) in [6, 6.07) is 12.1. The number of hydrogen-bond donors (Lipinski definition) is 1. The fourth-order valence-electron chi connectivity index (χ4n) is 2.02. The number of halogens is 1. The van der Waals surface area contributed by atoms with Gasteiger partial charge >= 0.3 is 0 Å². The molecule has 3 rings (SSSR count). The first-order valence-electron chi connectivity index (χ1n) is 5.04. The van der Waals surface area contributed by atoms with Crippen molar-refractivity contribution in [3.63, 3.8) is 0 Å². The zero-order valence-electron chi connectivity index (χ0n) is 8.75. The quantitative estimate of drug-likeness (QED) is 0.673. The molecule has 0 unspecified atom stereocenters. The van der Waals surface area contributed by atoms with Gasteiger partial charge in [0.25, 0.3) is 0 Å². The second kappa shape index (κ2) is 3.42.